The largest absolute Gasteiger partial charge is 0.364 e. The second-order valence-electron chi connectivity index (χ2n) is 4.22. The van der Waals surface area contributed by atoms with Crippen LogP contribution in [0.5, 0.6) is 0 Å². The third kappa shape index (κ3) is 1.97. The monoisotopic (exact) mass is 221 g/mol. The van der Waals surface area contributed by atoms with Crippen LogP contribution in [0.2, 0.25) is 0 Å². The number of hydrogen-bond donors (Lipinski definition) is 2. The Kier molecular flexibility index (Phi) is 3.29. The maximum atomic E-state index is 12.2. The summed E-state index contributed by atoms with van der Waals surface area (Å²) in [5.41, 5.74) is 3.05. The minimum absolute atomic E-state index is 0.179. The van der Waals surface area contributed by atoms with Gasteiger partial charge in [-0.1, -0.05) is 6.92 Å². The second-order valence-corrected chi connectivity index (χ2v) is 4.22. The number of rotatable bonds is 4. The minimum Gasteiger partial charge on any atom is -0.364 e. The van der Waals surface area contributed by atoms with Gasteiger partial charge in [-0.2, -0.15) is 0 Å². The first-order valence-corrected chi connectivity index (χ1v) is 5.91. The Labute approximate surface area is 96.0 Å². The third-order valence-electron chi connectivity index (χ3n) is 3.10. The van der Waals surface area contributed by atoms with Crippen LogP contribution in [-0.4, -0.2) is 42.0 Å². The highest BCUT2D eigenvalue weighted by Crippen LogP contribution is 2.20. The predicted molar refractivity (Wildman–Crippen MR) is 63.7 cm³/mol. The zero-order valence-electron chi connectivity index (χ0n) is 9.97. The molecule has 0 spiro atoms. The summed E-state index contributed by atoms with van der Waals surface area (Å²) < 4.78 is 0. The predicted octanol–water partition coefficient (Wildman–Crippen LogP) is 0.931. The molecule has 0 radical (unpaired) electrons. The van der Waals surface area contributed by atoms with Crippen LogP contribution in [0.3, 0.4) is 0 Å². The Balaban J connectivity index is 2.06. The van der Waals surface area contributed by atoms with E-state index in [2.05, 4.69) is 17.2 Å². The number of nitrogens with one attached hydrogen (secondary N) is 2. The van der Waals surface area contributed by atoms with Gasteiger partial charge in [-0.05, 0) is 19.0 Å². The van der Waals surface area contributed by atoms with Crippen LogP contribution in [0, 0.1) is 6.92 Å². The molecule has 1 aromatic rings. The summed E-state index contributed by atoms with van der Waals surface area (Å²) in [6, 6.07) is 0. The molecule has 2 N–H and O–H groups in total. The van der Waals surface area contributed by atoms with Crippen molar-refractivity contribution in [3.8, 4) is 0 Å². The average molecular weight is 221 g/mol. The molecule has 0 saturated carbocycles. The standard InChI is InChI=1S/C12H19N3O/c1-3-13-5-7-15-6-4-10-11(12(15)16)9(2)8-14-10/h8,13-14H,3-7H2,1-2H3. The van der Waals surface area contributed by atoms with Crippen molar-refractivity contribution >= 4 is 5.91 Å². The number of nitrogens with zero attached hydrogens (tertiary/aromatic N) is 1. The molecule has 0 atom stereocenters. The Morgan fingerprint density at radius 3 is 3.12 bits per heavy atom. The van der Waals surface area contributed by atoms with E-state index in [0.717, 1.165) is 49.4 Å². The smallest absolute Gasteiger partial charge is 0.256 e. The normalized spacial score (nSPS) is 15.4. The van der Waals surface area contributed by atoms with E-state index in [1.807, 2.05) is 18.0 Å². The van der Waals surface area contributed by atoms with Crippen molar-refractivity contribution < 1.29 is 4.79 Å². The van der Waals surface area contributed by atoms with Gasteiger partial charge in [-0.25, -0.2) is 0 Å². The van der Waals surface area contributed by atoms with Gasteiger partial charge in [0.15, 0.2) is 0 Å². The molecule has 4 heteroatoms. The second kappa shape index (κ2) is 4.70. The number of amides is 1. The van der Waals surface area contributed by atoms with E-state index in [0.29, 0.717) is 0 Å². The van der Waals surface area contributed by atoms with E-state index in [1.165, 1.54) is 0 Å². The van der Waals surface area contributed by atoms with Crippen LogP contribution in [0.15, 0.2) is 6.20 Å². The maximum Gasteiger partial charge on any atom is 0.256 e. The van der Waals surface area contributed by atoms with Gasteiger partial charge in [0.2, 0.25) is 0 Å². The molecule has 0 fully saturated rings. The Hall–Kier alpha value is -1.29. The van der Waals surface area contributed by atoms with Crippen LogP contribution in [-0.2, 0) is 6.42 Å². The summed E-state index contributed by atoms with van der Waals surface area (Å²) in [4.78, 5) is 17.3. The molecule has 1 aliphatic rings. The molecule has 2 heterocycles. The molecule has 0 aromatic carbocycles. The molecular weight excluding hydrogens is 202 g/mol. The molecule has 1 amide bonds. The maximum absolute atomic E-state index is 12.2. The summed E-state index contributed by atoms with van der Waals surface area (Å²) >= 11 is 0. The zero-order chi connectivity index (χ0) is 11.5. The number of aryl methyl sites for hydroxylation is 1. The molecule has 2 rings (SSSR count). The quantitative estimate of drug-likeness (QED) is 0.743. The van der Waals surface area contributed by atoms with Crippen molar-refractivity contribution in [2.75, 3.05) is 26.2 Å². The zero-order valence-corrected chi connectivity index (χ0v) is 9.97. The number of hydrogen-bond acceptors (Lipinski definition) is 2. The van der Waals surface area contributed by atoms with Gasteiger partial charge in [0.05, 0.1) is 5.56 Å². The Bertz CT molecular complexity index is 384. The SMILES string of the molecule is CCNCCN1CCc2[nH]cc(C)c2C1=O. The molecule has 1 aromatic heterocycles. The number of aromatic amines is 1. The first kappa shape index (κ1) is 11.2. The lowest BCUT2D eigenvalue weighted by molar-refractivity contribution is 0.0740. The van der Waals surface area contributed by atoms with Gasteiger partial charge in [0.1, 0.15) is 0 Å². The fraction of sp³-hybridized carbons (Fsp3) is 0.583. The van der Waals surface area contributed by atoms with E-state index in [4.69, 9.17) is 0 Å². The van der Waals surface area contributed by atoms with Crippen LogP contribution in [0.1, 0.15) is 28.5 Å². The van der Waals surface area contributed by atoms with Gasteiger partial charge in [-0.15, -0.1) is 0 Å². The van der Waals surface area contributed by atoms with Gasteiger partial charge < -0.3 is 15.2 Å². The molecule has 4 nitrogen and oxygen atoms in total. The van der Waals surface area contributed by atoms with Crippen LogP contribution < -0.4 is 5.32 Å². The van der Waals surface area contributed by atoms with E-state index in [1.54, 1.807) is 0 Å². The third-order valence-corrected chi connectivity index (χ3v) is 3.10. The number of H-pyrrole nitrogens is 1. The lowest BCUT2D eigenvalue weighted by atomic mass is 10.0. The number of likely N-dealkylation sites (N-methyl/N-ethyl adjacent to an activating group) is 1. The lowest BCUT2D eigenvalue weighted by Gasteiger charge is -2.27. The average Bonchev–Trinajstić information content (AvgIpc) is 2.65. The van der Waals surface area contributed by atoms with E-state index in [9.17, 15) is 4.79 Å². The van der Waals surface area contributed by atoms with Crippen molar-refractivity contribution in [2.24, 2.45) is 0 Å². The van der Waals surface area contributed by atoms with Crippen LogP contribution in [0.25, 0.3) is 0 Å². The van der Waals surface area contributed by atoms with Gasteiger partial charge in [-0.3, -0.25) is 4.79 Å². The van der Waals surface area contributed by atoms with Crippen LogP contribution in [0.4, 0.5) is 0 Å². The van der Waals surface area contributed by atoms with E-state index in [-0.39, 0.29) is 5.91 Å². The number of fused-ring (bicyclic) bond motifs is 1. The summed E-state index contributed by atoms with van der Waals surface area (Å²) in [5.74, 6) is 0.179. The molecule has 0 unspecified atom stereocenters. The molecule has 88 valence electrons. The van der Waals surface area contributed by atoms with Crippen molar-refractivity contribution in [2.45, 2.75) is 20.3 Å². The summed E-state index contributed by atoms with van der Waals surface area (Å²) in [7, 11) is 0. The fourth-order valence-electron chi connectivity index (χ4n) is 2.18. The lowest BCUT2D eigenvalue weighted by Crippen LogP contribution is -2.41. The summed E-state index contributed by atoms with van der Waals surface area (Å²) in [6.45, 7) is 7.53. The van der Waals surface area contributed by atoms with E-state index >= 15 is 0 Å². The number of aromatic nitrogens is 1. The minimum atomic E-state index is 0.179. The molecule has 0 bridgehead atoms. The molecular formula is C12H19N3O. The Morgan fingerprint density at radius 2 is 2.38 bits per heavy atom. The first-order chi connectivity index (χ1) is 7.74. The Morgan fingerprint density at radius 1 is 1.56 bits per heavy atom. The summed E-state index contributed by atoms with van der Waals surface area (Å²) in [5, 5.41) is 3.25. The highest BCUT2D eigenvalue weighted by molar-refractivity contribution is 5.97. The van der Waals surface area contributed by atoms with E-state index < -0.39 is 0 Å². The van der Waals surface area contributed by atoms with Gasteiger partial charge >= 0.3 is 0 Å². The molecule has 1 aliphatic heterocycles. The van der Waals surface area contributed by atoms with Crippen LogP contribution >= 0.6 is 0 Å². The highest BCUT2D eigenvalue weighted by Gasteiger charge is 2.26. The topological polar surface area (TPSA) is 48.1 Å². The number of carbonyl (C=O) groups is 1. The molecule has 0 saturated heterocycles. The highest BCUT2D eigenvalue weighted by atomic mass is 16.2. The van der Waals surface area contributed by atoms with Gasteiger partial charge in [0.25, 0.3) is 5.91 Å². The van der Waals surface area contributed by atoms with Crippen molar-refractivity contribution in [1.82, 2.24) is 15.2 Å². The fourth-order valence-corrected chi connectivity index (χ4v) is 2.18. The number of carbonyl (C=O) groups excluding carboxylic acids is 1. The van der Waals surface area contributed by atoms with Crippen molar-refractivity contribution in [3.05, 3.63) is 23.0 Å². The van der Waals surface area contributed by atoms with Gasteiger partial charge in [0, 0.05) is 37.9 Å². The molecule has 0 aliphatic carbocycles. The van der Waals surface area contributed by atoms with Crippen molar-refractivity contribution in [3.63, 3.8) is 0 Å². The van der Waals surface area contributed by atoms with Crippen molar-refractivity contribution in [1.29, 1.82) is 0 Å². The summed E-state index contributed by atoms with van der Waals surface area (Å²) in [6.07, 6.45) is 2.87. The molecule has 16 heavy (non-hydrogen) atoms. The first-order valence-electron chi connectivity index (χ1n) is 5.91.